The van der Waals surface area contributed by atoms with Crippen LogP contribution in [0.2, 0.25) is 0 Å². The summed E-state index contributed by atoms with van der Waals surface area (Å²) in [6, 6.07) is 2.59. The second-order valence-corrected chi connectivity index (χ2v) is 7.84. The lowest BCUT2D eigenvalue weighted by atomic mass is 9.88. The number of rotatable bonds is 5. The number of halogens is 5. The molecule has 0 heterocycles. The van der Waals surface area contributed by atoms with Gasteiger partial charge in [-0.25, -0.2) is 17.6 Å². The minimum absolute atomic E-state index is 0.00337. The second kappa shape index (κ2) is 8.36. The van der Waals surface area contributed by atoms with Crippen LogP contribution in [0.4, 0.5) is 22.0 Å². The van der Waals surface area contributed by atoms with Gasteiger partial charge in [-0.2, -0.15) is 4.39 Å². The van der Waals surface area contributed by atoms with Crippen molar-refractivity contribution >= 4 is 0 Å². The maximum atomic E-state index is 15.2. The zero-order valence-corrected chi connectivity index (χ0v) is 15.7. The van der Waals surface area contributed by atoms with E-state index in [1.165, 1.54) is 12.1 Å². The van der Waals surface area contributed by atoms with Gasteiger partial charge in [0.25, 0.3) is 0 Å². The van der Waals surface area contributed by atoms with Crippen LogP contribution in [0.1, 0.15) is 57.4 Å². The zero-order valence-electron chi connectivity index (χ0n) is 15.7. The summed E-state index contributed by atoms with van der Waals surface area (Å²) in [6.45, 7) is 3.74. The summed E-state index contributed by atoms with van der Waals surface area (Å²) in [4.78, 5) is 0. The van der Waals surface area contributed by atoms with Gasteiger partial charge in [0.2, 0.25) is 5.82 Å². The highest BCUT2D eigenvalue weighted by molar-refractivity contribution is 5.34. The van der Waals surface area contributed by atoms with E-state index in [1.807, 2.05) is 6.92 Å². The van der Waals surface area contributed by atoms with E-state index in [2.05, 4.69) is 0 Å². The van der Waals surface area contributed by atoms with Crippen molar-refractivity contribution < 1.29 is 26.7 Å². The Hall–Kier alpha value is -1.33. The molecule has 0 radical (unpaired) electrons. The van der Waals surface area contributed by atoms with E-state index in [0.717, 1.165) is 6.42 Å². The van der Waals surface area contributed by atoms with Gasteiger partial charge < -0.3 is 4.74 Å². The summed E-state index contributed by atoms with van der Waals surface area (Å²) in [5.74, 6) is -5.33. The molecule has 0 amide bonds. The van der Waals surface area contributed by atoms with Gasteiger partial charge in [-0.1, -0.05) is 19.4 Å². The smallest absolute Gasteiger partial charge is 0.200 e. The molecule has 2 fully saturated rings. The highest BCUT2D eigenvalue weighted by Gasteiger charge is 2.52. The predicted molar refractivity (Wildman–Crippen MR) is 94.2 cm³/mol. The highest BCUT2D eigenvalue weighted by Crippen LogP contribution is 2.53. The van der Waals surface area contributed by atoms with Crippen molar-refractivity contribution in [3.05, 3.63) is 29.3 Å². The molecular formula is C21H27F5O. The van der Waals surface area contributed by atoms with E-state index < -0.39 is 47.9 Å². The normalized spacial score (nSPS) is 36.3. The molecule has 2 saturated carbocycles. The van der Waals surface area contributed by atoms with Crippen molar-refractivity contribution in [1.82, 2.24) is 0 Å². The topological polar surface area (TPSA) is 9.23 Å². The third kappa shape index (κ3) is 3.68. The van der Waals surface area contributed by atoms with Crippen molar-refractivity contribution in [3.8, 4) is 5.75 Å². The summed E-state index contributed by atoms with van der Waals surface area (Å²) in [5, 5.41) is 0. The Balaban J connectivity index is 1.85. The van der Waals surface area contributed by atoms with Gasteiger partial charge in [0.1, 0.15) is 18.5 Å². The van der Waals surface area contributed by atoms with Gasteiger partial charge in [0, 0.05) is 5.92 Å². The van der Waals surface area contributed by atoms with E-state index in [9.17, 15) is 17.6 Å². The fourth-order valence-electron chi connectivity index (χ4n) is 5.01. The van der Waals surface area contributed by atoms with E-state index in [-0.39, 0.29) is 30.3 Å². The van der Waals surface area contributed by atoms with Gasteiger partial charge in [-0.05, 0) is 62.0 Å². The molecule has 7 unspecified atom stereocenters. The summed E-state index contributed by atoms with van der Waals surface area (Å²) < 4.78 is 78.3. The summed E-state index contributed by atoms with van der Waals surface area (Å²) in [7, 11) is 0. The van der Waals surface area contributed by atoms with Crippen LogP contribution in [0.3, 0.4) is 0 Å². The van der Waals surface area contributed by atoms with Crippen LogP contribution >= 0.6 is 0 Å². The van der Waals surface area contributed by atoms with Crippen LogP contribution in [-0.2, 0) is 0 Å². The Morgan fingerprint density at radius 1 is 0.926 bits per heavy atom. The summed E-state index contributed by atoms with van der Waals surface area (Å²) >= 11 is 0. The summed E-state index contributed by atoms with van der Waals surface area (Å²) in [5.41, 5.74) is -0.107. The maximum Gasteiger partial charge on any atom is 0.200 e. The van der Waals surface area contributed by atoms with E-state index in [1.54, 1.807) is 6.92 Å². The van der Waals surface area contributed by atoms with Crippen LogP contribution < -0.4 is 4.74 Å². The molecule has 27 heavy (non-hydrogen) atoms. The van der Waals surface area contributed by atoms with Crippen LogP contribution in [0, 0.1) is 29.4 Å². The van der Waals surface area contributed by atoms with E-state index >= 15 is 4.39 Å². The van der Waals surface area contributed by atoms with Crippen LogP contribution in [-0.4, -0.2) is 25.1 Å². The van der Waals surface area contributed by atoms with Gasteiger partial charge in [-0.15, -0.1) is 0 Å². The van der Waals surface area contributed by atoms with Crippen molar-refractivity contribution in [2.75, 3.05) is 6.61 Å². The lowest BCUT2D eigenvalue weighted by Gasteiger charge is -2.24. The standard InChI is InChI=1S/C21H27F5O/c1-3-5-11-6-7-12-15(20(25)17(11)22)10-14(18(12)23)13-8-9-16(27-4-2)21(26)19(13)24/h8-9,11-12,14-15,17-18,20H,3-7,10H2,1-2H3. The monoisotopic (exact) mass is 390 g/mol. The minimum Gasteiger partial charge on any atom is -0.491 e. The van der Waals surface area contributed by atoms with Crippen LogP contribution in [0.15, 0.2) is 12.1 Å². The quantitative estimate of drug-likeness (QED) is 0.536. The average Bonchev–Trinajstić information content (AvgIpc) is 2.92. The molecular weight excluding hydrogens is 363 g/mol. The number of fused-ring (bicyclic) bond motifs is 1. The Bertz CT molecular complexity index is 652. The second-order valence-electron chi connectivity index (χ2n) is 7.84. The zero-order chi connectivity index (χ0) is 19.7. The van der Waals surface area contributed by atoms with Crippen molar-refractivity contribution in [2.45, 2.75) is 70.4 Å². The molecule has 1 aromatic carbocycles. The largest absolute Gasteiger partial charge is 0.491 e. The molecule has 0 N–H and O–H groups in total. The number of ether oxygens (including phenoxy) is 1. The molecule has 1 aromatic rings. The molecule has 152 valence electrons. The fourth-order valence-corrected chi connectivity index (χ4v) is 5.01. The van der Waals surface area contributed by atoms with Crippen LogP contribution in [0.25, 0.3) is 0 Å². The molecule has 6 heteroatoms. The van der Waals surface area contributed by atoms with Crippen LogP contribution in [0.5, 0.6) is 5.75 Å². The SMILES string of the molecule is CCCC1CCC2C(F)C(c3ccc(OCC)c(F)c3F)CC2C(F)C1F. The first-order valence-corrected chi connectivity index (χ1v) is 9.93. The van der Waals surface area contributed by atoms with Gasteiger partial charge in [0.15, 0.2) is 11.6 Å². The minimum atomic E-state index is -1.76. The van der Waals surface area contributed by atoms with Gasteiger partial charge >= 0.3 is 0 Å². The first kappa shape index (κ1) is 20.4. The fraction of sp³-hybridized carbons (Fsp3) is 0.714. The predicted octanol–water partition coefficient (Wildman–Crippen LogP) is 6.31. The molecule has 2 aliphatic rings. The summed E-state index contributed by atoms with van der Waals surface area (Å²) in [6.07, 6.45) is -2.73. The number of alkyl halides is 3. The molecule has 0 saturated heterocycles. The first-order valence-electron chi connectivity index (χ1n) is 9.93. The number of hydrogen-bond acceptors (Lipinski definition) is 1. The van der Waals surface area contributed by atoms with Gasteiger partial charge in [-0.3, -0.25) is 0 Å². The molecule has 0 spiro atoms. The molecule has 0 aromatic heterocycles. The lowest BCUT2D eigenvalue weighted by Crippen LogP contribution is -2.31. The maximum absolute atomic E-state index is 15.2. The Labute approximate surface area is 157 Å². The number of hydrogen-bond donors (Lipinski definition) is 0. The molecule has 7 atom stereocenters. The Morgan fingerprint density at radius 3 is 2.33 bits per heavy atom. The molecule has 1 nitrogen and oxygen atoms in total. The van der Waals surface area contributed by atoms with Crippen molar-refractivity contribution in [2.24, 2.45) is 17.8 Å². The molecule has 0 aliphatic heterocycles. The molecule has 3 rings (SSSR count). The highest BCUT2D eigenvalue weighted by atomic mass is 19.2. The number of benzene rings is 1. The van der Waals surface area contributed by atoms with Crippen molar-refractivity contribution in [3.63, 3.8) is 0 Å². The Morgan fingerprint density at radius 2 is 1.67 bits per heavy atom. The third-order valence-corrected chi connectivity index (χ3v) is 6.34. The average molecular weight is 390 g/mol. The van der Waals surface area contributed by atoms with E-state index in [0.29, 0.717) is 19.3 Å². The Kier molecular flexibility index (Phi) is 6.32. The molecule has 2 aliphatic carbocycles. The van der Waals surface area contributed by atoms with Gasteiger partial charge in [0.05, 0.1) is 6.61 Å². The lowest BCUT2D eigenvalue weighted by molar-refractivity contribution is 0.0643. The first-order chi connectivity index (χ1) is 12.9. The molecule has 0 bridgehead atoms. The van der Waals surface area contributed by atoms with E-state index in [4.69, 9.17) is 4.74 Å². The third-order valence-electron chi connectivity index (χ3n) is 6.34. The van der Waals surface area contributed by atoms with Crippen molar-refractivity contribution in [1.29, 1.82) is 0 Å².